The highest BCUT2D eigenvalue weighted by Gasteiger charge is 2.54. The van der Waals surface area contributed by atoms with Crippen molar-refractivity contribution in [3.63, 3.8) is 0 Å². The molecule has 0 spiro atoms. The SMILES string of the molecule is C[C@@H]([NH2+]Cc1ccccc1)C12CC3CC(CC(C3)C1)C2. The van der Waals surface area contributed by atoms with Gasteiger partial charge in [-0.3, -0.25) is 0 Å². The van der Waals surface area contributed by atoms with Crippen molar-refractivity contribution in [2.45, 2.75) is 58.0 Å². The van der Waals surface area contributed by atoms with Crippen LogP contribution in [-0.2, 0) is 6.54 Å². The van der Waals surface area contributed by atoms with Crippen LogP contribution < -0.4 is 5.32 Å². The molecule has 1 nitrogen and oxygen atoms in total. The normalized spacial score (nSPS) is 40.0. The molecule has 0 heterocycles. The first kappa shape index (κ1) is 12.9. The van der Waals surface area contributed by atoms with Gasteiger partial charge in [0.1, 0.15) is 6.54 Å². The third-order valence-electron chi connectivity index (χ3n) is 6.60. The van der Waals surface area contributed by atoms with Gasteiger partial charge in [0.25, 0.3) is 0 Å². The molecule has 0 aromatic heterocycles. The Morgan fingerprint density at radius 2 is 1.55 bits per heavy atom. The van der Waals surface area contributed by atoms with Crippen molar-refractivity contribution >= 4 is 0 Å². The van der Waals surface area contributed by atoms with Crippen molar-refractivity contribution in [1.82, 2.24) is 0 Å². The van der Waals surface area contributed by atoms with Gasteiger partial charge in [-0.05, 0) is 63.2 Å². The zero-order chi connectivity index (χ0) is 13.6. The van der Waals surface area contributed by atoms with Crippen molar-refractivity contribution in [1.29, 1.82) is 0 Å². The number of benzene rings is 1. The van der Waals surface area contributed by atoms with Crippen molar-refractivity contribution in [2.75, 3.05) is 0 Å². The molecule has 0 unspecified atom stereocenters. The van der Waals surface area contributed by atoms with Crippen molar-refractivity contribution in [3.05, 3.63) is 35.9 Å². The Labute approximate surface area is 123 Å². The summed E-state index contributed by atoms with van der Waals surface area (Å²) in [5.41, 5.74) is 2.16. The number of rotatable bonds is 4. The summed E-state index contributed by atoms with van der Waals surface area (Å²) in [7, 11) is 0. The number of nitrogens with two attached hydrogens (primary N) is 1. The molecule has 4 aliphatic rings. The van der Waals surface area contributed by atoms with E-state index in [1.165, 1.54) is 24.8 Å². The topological polar surface area (TPSA) is 16.6 Å². The number of hydrogen-bond donors (Lipinski definition) is 1. The van der Waals surface area contributed by atoms with Crippen molar-refractivity contribution in [2.24, 2.45) is 23.2 Å². The van der Waals surface area contributed by atoms with Gasteiger partial charge < -0.3 is 5.32 Å². The minimum atomic E-state index is 0.684. The smallest absolute Gasteiger partial charge is 0.101 e. The van der Waals surface area contributed by atoms with Crippen molar-refractivity contribution in [3.8, 4) is 0 Å². The molecule has 4 fully saturated rings. The van der Waals surface area contributed by atoms with E-state index in [0.717, 1.165) is 30.3 Å². The first-order valence-electron chi connectivity index (χ1n) is 8.61. The van der Waals surface area contributed by atoms with Crippen LogP contribution in [0.5, 0.6) is 0 Å². The van der Waals surface area contributed by atoms with E-state index in [4.69, 9.17) is 0 Å². The maximum absolute atomic E-state index is 2.63. The molecule has 4 bridgehead atoms. The minimum Gasteiger partial charge on any atom is -0.340 e. The molecule has 1 atom stereocenters. The maximum Gasteiger partial charge on any atom is 0.101 e. The van der Waals surface area contributed by atoms with Crippen LogP contribution in [0.15, 0.2) is 30.3 Å². The first-order valence-corrected chi connectivity index (χ1v) is 8.61. The molecule has 0 amide bonds. The Morgan fingerprint density at radius 1 is 1.00 bits per heavy atom. The van der Waals surface area contributed by atoms with Crippen molar-refractivity contribution < 1.29 is 5.32 Å². The molecule has 4 aliphatic carbocycles. The van der Waals surface area contributed by atoms with E-state index in [1.54, 1.807) is 19.3 Å². The summed E-state index contributed by atoms with van der Waals surface area (Å²) in [6.45, 7) is 3.67. The van der Waals surface area contributed by atoms with Gasteiger partial charge in [-0.15, -0.1) is 0 Å². The van der Waals surface area contributed by atoms with E-state index >= 15 is 0 Å². The van der Waals surface area contributed by atoms with Gasteiger partial charge in [-0.2, -0.15) is 0 Å². The van der Waals surface area contributed by atoms with E-state index < -0.39 is 0 Å². The second kappa shape index (κ2) is 4.87. The lowest BCUT2D eigenvalue weighted by molar-refractivity contribution is -0.717. The zero-order valence-corrected chi connectivity index (χ0v) is 12.7. The zero-order valence-electron chi connectivity index (χ0n) is 12.7. The van der Waals surface area contributed by atoms with Crippen LogP contribution >= 0.6 is 0 Å². The largest absolute Gasteiger partial charge is 0.340 e. The second-order valence-electron chi connectivity index (χ2n) is 7.99. The Balaban J connectivity index is 1.44. The molecule has 1 aromatic rings. The Hall–Kier alpha value is -0.820. The number of hydrogen-bond acceptors (Lipinski definition) is 0. The van der Waals surface area contributed by atoms with Crippen LogP contribution in [0.1, 0.15) is 51.0 Å². The third-order valence-corrected chi connectivity index (χ3v) is 6.60. The summed E-state index contributed by atoms with van der Waals surface area (Å²) in [5, 5.41) is 2.63. The van der Waals surface area contributed by atoms with E-state index in [0.29, 0.717) is 5.41 Å². The number of quaternary nitrogens is 1. The van der Waals surface area contributed by atoms with Crippen LogP contribution in [0.25, 0.3) is 0 Å². The summed E-state index contributed by atoms with van der Waals surface area (Å²) < 4.78 is 0. The van der Waals surface area contributed by atoms with Gasteiger partial charge >= 0.3 is 0 Å². The summed E-state index contributed by atoms with van der Waals surface area (Å²) in [4.78, 5) is 0. The summed E-state index contributed by atoms with van der Waals surface area (Å²) in [5.74, 6) is 3.23. The molecule has 0 radical (unpaired) electrons. The standard InChI is InChI=1S/C19H27N/c1-14(20-13-15-5-3-2-4-6-15)19-10-16-7-17(11-19)9-18(8-16)12-19/h2-6,14,16-18,20H,7-13H2,1H3/p+1/t14-,16?,17?,18?,19?/m1/s1. The fraction of sp³-hybridized carbons (Fsp3) is 0.684. The van der Waals surface area contributed by atoms with Crippen LogP contribution in [0.2, 0.25) is 0 Å². The Bertz CT molecular complexity index is 429. The lowest BCUT2D eigenvalue weighted by atomic mass is 9.48. The predicted molar refractivity (Wildman–Crippen MR) is 82.1 cm³/mol. The second-order valence-corrected chi connectivity index (χ2v) is 7.99. The minimum absolute atomic E-state index is 0.684. The van der Waals surface area contributed by atoms with Gasteiger partial charge in [-0.1, -0.05) is 30.3 Å². The first-order chi connectivity index (χ1) is 9.73. The molecular formula is C19H28N+. The summed E-state index contributed by atoms with van der Waals surface area (Å²) >= 11 is 0. The molecule has 0 aliphatic heterocycles. The van der Waals surface area contributed by atoms with Gasteiger partial charge in [-0.25, -0.2) is 0 Å². The van der Waals surface area contributed by atoms with Crippen LogP contribution in [-0.4, -0.2) is 6.04 Å². The Morgan fingerprint density at radius 3 is 2.10 bits per heavy atom. The molecule has 4 saturated carbocycles. The van der Waals surface area contributed by atoms with E-state index in [2.05, 4.69) is 42.6 Å². The predicted octanol–water partition coefficient (Wildman–Crippen LogP) is 3.35. The quantitative estimate of drug-likeness (QED) is 0.864. The van der Waals surface area contributed by atoms with Crippen LogP contribution in [0.3, 0.4) is 0 Å². The third kappa shape index (κ3) is 2.20. The fourth-order valence-corrected chi connectivity index (χ4v) is 5.91. The van der Waals surface area contributed by atoms with Crippen LogP contribution in [0.4, 0.5) is 0 Å². The molecule has 2 N–H and O–H groups in total. The lowest BCUT2D eigenvalue weighted by Gasteiger charge is -2.57. The average molecular weight is 270 g/mol. The molecule has 1 heteroatoms. The van der Waals surface area contributed by atoms with Gasteiger partial charge in [0.05, 0.1) is 6.04 Å². The monoisotopic (exact) mass is 270 g/mol. The van der Waals surface area contributed by atoms with Gasteiger partial charge in [0.15, 0.2) is 0 Å². The molecule has 108 valence electrons. The van der Waals surface area contributed by atoms with E-state index in [1.807, 2.05) is 0 Å². The average Bonchev–Trinajstić information content (AvgIpc) is 2.44. The summed E-state index contributed by atoms with van der Waals surface area (Å²) in [6, 6.07) is 11.8. The molecule has 1 aromatic carbocycles. The van der Waals surface area contributed by atoms with E-state index in [9.17, 15) is 0 Å². The van der Waals surface area contributed by atoms with E-state index in [-0.39, 0.29) is 0 Å². The highest BCUT2D eigenvalue weighted by molar-refractivity contribution is 5.13. The highest BCUT2D eigenvalue weighted by atomic mass is 14.9. The Kier molecular flexibility index (Phi) is 3.14. The fourth-order valence-electron chi connectivity index (χ4n) is 5.91. The molecular weight excluding hydrogens is 242 g/mol. The van der Waals surface area contributed by atoms with Gasteiger partial charge in [0.2, 0.25) is 0 Å². The van der Waals surface area contributed by atoms with Gasteiger partial charge in [0, 0.05) is 11.0 Å². The molecule has 20 heavy (non-hydrogen) atoms. The molecule has 0 saturated heterocycles. The van der Waals surface area contributed by atoms with Crippen LogP contribution in [0, 0.1) is 23.2 Å². The highest BCUT2D eigenvalue weighted by Crippen LogP contribution is 2.60. The summed E-state index contributed by atoms with van der Waals surface area (Å²) in [6.07, 6.45) is 9.28. The lowest BCUT2D eigenvalue weighted by Crippen LogP contribution is -2.91. The molecule has 5 rings (SSSR count). The maximum atomic E-state index is 2.63.